The van der Waals surface area contributed by atoms with Gasteiger partial charge < -0.3 is 10.3 Å². The SMILES string of the molecule is Cc1ccc2nc(SCC(=O)NC3(C#N)CCCC3)[nH]c2c1. The van der Waals surface area contributed by atoms with E-state index in [0.717, 1.165) is 41.9 Å². The highest BCUT2D eigenvalue weighted by atomic mass is 32.2. The summed E-state index contributed by atoms with van der Waals surface area (Å²) >= 11 is 1.36. The number of carbonyl (C=O) groups is 1. The fourth-order valence-corrected chi connectivity index (χ4v) is 3.53. The Labute approximate surface area is 133 Å². The summed E-state index contributed by atoms with van der Waals surface area (Å²) in [7, 11) is 0. The van der Waals surface area contributed by atoms with E-state index >= 15 is 0 Å². The lowest BCUT2D eigenvalue weighted by molar-refractivity contribution is -0.119. The second kappa shape index (κ2) is 6.01. The van der Waals surface area contributed by atoms with Gasteiger partial charge >= 0.3 is 0 Å². The van der Waals surface area contributed by atoms with Gasteiger partial charge in [0.2, 0.25) is 5.91 Å². The Morgan fingerprint density at radius 3 is 3.00 bits per heavy atom. The average Bonchev–Trinajstić information content (AvgIpc) is 3.11. The largest absolute Gasteiger partial charge is 0.337 e. The van der Waals surface area contributed by atoms with Crippen molar-refractivity contribution in [3.8, 4) is 6.07 Å². The summed E-state index contributed by atoms with van der Waals surface area (Å²) in [4.78, 5) is 19.8. The molecule has 1 amide bonds. The van der Waals surface area contributed by atoms with Crippen molar-refractivity contribution in [3.63, 3.8) is 0 Å². The summed E-state index contributed by atoms with van der Waals surface area (Å²) in [6.45, 7) is 2.03. The fraction of sp³-hybridized carbons (Fsp3) is 0.438. The summed E-state index contributed by atoms with van der Waals surface area (Å²) in [6, 6.07) is 8.29. The summed E-state index contributed by atoms with van der Waals surface area (Å²) in [6.07, 6.45) is 3.52. The highest BCUT2D eigenvalue weighted by Gasteiger charge is 2.35. The van der Waals surface area contributed by atoms with E-state index in [1.807, 2.05) is 25.1 Å². The quantitative estimate of drug-likeness (QED) is 0.850. The van der Waals surface area contributed by atoms with Crippen molar-refractivity contribution >= 4 is 28.7 Å². The van der Waals surface area contributed by atoms with Crippen molar-refractivity contribution in [1.82, 2.24) is 15.3 Å². The van der Waals surface area contributed by atoms with Crippen LogP contribution in [0.1, 0.15) is 31.2 Å². The third-order valence-corrected chi connectivity index (χ3v) is 4.88. The molecule has 0 bridgehead atoms. The van der Waals surface area contributed by atoms with Crippen molar-refractivity contribution in [1.29, 1.82) is 5.26 Å². The van der Waals surface area contributed by atoms with Gasteiger partial charge in [0.1, 0.15) is 5.54 Å². The summed E-state index contributed by atoms with van der Waals surface area (Å²) in [5.74, 6) is 0.160. The molecule has 0 aliphatic heterocycles. The molecule has 1 saturated carbocycles. The normalized spacial score (nSPS) is 16.5. The Kier molecular flexibility index (Phi) is 4.08. The van der Waals surface area contributed by atoms with Crippen LogP contribution in [0.25, 0.3) is 11.0 Å². The molecule has 1 heterocycles. The maximum absolute atomic E-state index is 12.1. The molecule has 1 aliphatic carbocycles. The lowest BCUT2D eigenvalue weighted by atomic mass is 10.0. The number of aryl methyl sites for hydroxylation is 1. The van der Waals surface area contributed by atoms with E-state index in [1.165, 1.54) is 17.3 Å². The third-order valence-electron chi connectivity index (χ3n) is 4.01. The molecule has 6 heteroatoms. The maximum Gasteiger partial charge on any atom is 0.231 e. The van der Waals surface area contributed by atoms with E-state index in [9.17, 15) is 10.1 Å². The van der Waals surface area contributed by atoms with Crippen LogP contribution in [-0.2, 0) is 4.79 Å². The number of benzene rings is 1. The molecule has 1 aromatic carbocycles. The Bertz CT molecular complexity index is 740. The molecule has 0 atom stereocenters. The third kappa shape index (κ3) is 3.09. The fourth-order valence-electron chi connectivity index (χ4n) is 2.85. The Morgan fingerprint density at radius 2 is 2.27 bits per heavy atom. The first-order chi connectivity index (χ1) is 10.6. The number of hydrogen-bond acceptors (Lipinski definition) is 4. The van der Waals surface area contributed by atoms with E-state index in [1.54, 1.807) is 0 Å². The van der Waals surface area contributed by atoms with Crippen molar-refractivity contribution in [3.05, 3.63) is 23.8 Å². The van der Waals surface area contributed by atoms with Crippen LogP contribution < -0.4 is 5.32 Å². The molecule has 2 aromatic rings. The Balaban J connectivity index is 1.61. The van der Waals surface area contributed by atoms with Crippen LogP contribution >= 0.6 is 11.8 Å². The number of rotatable bonds is 4. The van der Waals surface area contributed by atoms with Crippen LogP contribution in [0, 0.1) is 18.3 Å². The van der Waals surface area contributed by atoms with E-state index < -0.39 is 5.54 Å². The second-order valence-electron chi connectivity index (χ2n) is 5.80. The Hall–Kier alpha value is -2.00. The smallest absolute Gasteiger partial charge is 0.231 e. The van der Waals surface area contributed by atoms with Crippen molar-refractivity contribution < 1.29 is 4.79 Å². The molecule has 1 aromatic heterocycles. The summed E-state index contributed by atoms with van der Waals surface area (Å²) in [5.41, 5.74) is 2.40. The van der Waals surface area contributed by atoms with Crippen LogP contribution in [0.15, 0.2) is 23.4 Å². The van der Waals surface area contributed by atoms with E-state index in [0.29, 0.717) is 0 Å². The number of nitrogens with zero attached hydrogens (tertiary/aromatic N) is 2. The predicted octanol–water partition coefficient (Wildman–Crippen LogP) is 2.92. The molecule has 0 saturated heterocycles. The first-order valence-electron chi connectivity index (χ1n) is 7.42. The minimum Gasteiger partial charge on any atom is -0.337 e. The molecule has 2 N–H and O–H groups in total. The zero-order valence-electron chi connectivity index (χ0n) is 12.5. The van der Waals surface area contributed by atoms with Crippen LogP contribution in [0.5, 0.6) is 0 Å². The molecule has 1 aliphatic rings. The molecule has 3 rings (SSSR count). The zero-order valence-corrected chi connectivity index (χ0v) is 13.3. The lowest BCUT2D eigenvalue weighted by Gasteiger charge is -2.21. The number of nitriles is 1. The highest BCUT2D eigenvalue weighted by molar-refractivity contribution is 7.99. The standard InChI is InChI=1S/C16H18N4OS/c1-11-4-5-12-13(8-11)19-15(18-12)22-9-14(21)20-16(10-17)6-2-3-7-16/h4-5,8H,2-3,6-7,9H2,1H3,(H,18,19)(H,20,21). The van der Waals surface area contributed by atoms with E-state index in [2.05, 4.69) is 21.4 Å². The van der Waals surface area contributed by atoms with Gasteiger partial charge in [-0.25, -0.2) is 4.98 Å². The minimum atomic E-state index is -0.650. The molecule has 114 valence electrons. The first kappa shape index (κ1) is 14.9. The monoisotopic (exact) mass is 314 g/mol. The number of fused-ring (bicyclic) bond motifs is 1. The first-order valence-corrected chi connectivity index (χ1v) is 8.40. The molecule has 5 nitrogen and oxygen atoms in total. The maximum atomic E-state index is 12.1. The van der Waals surface area contributed by atoms with Crippen LogP contribution in [0.2, 0.25) is 0 Å². The van der Waals surface area contributed by atoms with Gasteiger partial charge in [-0.1, -0.05) is 17.8 Å². The van der Waals surface area contributed by atoms with Crippen molar-refractivity contribution in [2.75, 3.05) is 5.75 Å². The number of nitrogens with one attached hydrogen (secondary N) is 2. The number of H-pyrrole nitrogens is 1. The molecular weight excluding hydrogens is 296 g/mol. The van der Waals surface area contributed by atoms with Gasteiger partial charge in [0.15, 0.2) is 5.16 Å². The van der Waals surface area contributed by atoms with Crippen LogP contribution in [0.4, 0.5) is 0 Å². The number of aromatic nitrogens is 2. The van der Waals surface area contributed by atoms with Gasteiger partial charge in [-0.05, 0) is 50.3 Å². The number of amides is 1. The molecule has 0 radical (unpaired) electrons. The van der Waals surface area contributed by atoms with Crippen molar-refractivity contribution in [2.45, 2.75) is 43.3 Å². The number of imidazole rings is 1. The number of aromatic amines is 1. The topological polar surface area (TPSA) is 81.6 Å². The molecule has 1 fully saturated rings. The summed E-state index contributed by atoms with van der Waals surface area (Å²) < 4.78 is 0. The predicted molar refractivity (Wildman–Crippen MR) is 86.5 cm³/mol. The highest BCUT2D eigenvalue weighted by Crippen LogP contribution is 2.29. The number of hydrogen-bond donors (Lipinski definition) is 2. The second-order valence-corrected chi connectivity index (χ2v) is 6.76. The molecule has 22 heavy (non-hydrogen) atoms. The summed E-state index contributed by atoms with van der Waals surface area (Å²) in [5, 5.41) is 12.9. The Morgan fingerprint density at radius 1 is 1.50 bits per heavy atom. The number of thioether (sulfide) groups is 1. The van der Waals surface area contributed by atoms with Gasteiger partial charge in [0.25, 0.3) is 0 Å². The lowest BCUT2D eigenvalue weighted by Crippen LogP contribution is -2.45. The average molecular weight is 314 g/mol. The van der Waals surface area contributed by atoms with E-state index in [4.69, 9.17) is 0 Å². The van der Waals surface area contributed by atoms with Crippen LogP contribution in [-0.4, -0.2) is 27.2 Å². The van der Waals surface area contributed by atoms with Gasteiger partial charge in [0.05, 0.1) is 22.9 Å². The molecule has 0 unspecified atom stereocenters. The molecule has 0 spiro atoms. The molecular formula is C16H18N4OS. The minimum absolute atomic E-state index is 0.106. The van der Waals surface area contributed by atoms with Gasteiger partial charge in [-0.2, -0.15) is 5.26 Å². The van der Waals surface area contributed by atoms with Gasteiger partial charge in [-0.3, -0.25) is 4.79 Å². The van der Waals surface area contributed by atoms with Gasteiger partial charge in [-0.15, -0.1) is 0 Å². The van der Waals surface area contributed by atoms with Gasteiger partial charge in [0, 0.05) is 0 Å². The van der Waals surface area contributed by atoms with Crippen molar-refractivity contribution in [2.24, 2.45) is 0 Å². The number of carbonyl (C=O) groups excluding carboxylic acids is 1. The van der Waals surface area contributed by atoms with Crippen LogP contribution in [0.3, 0.4) is 0 Å². The zero-order chi connectivity index (χ0) is 15.6. The van der Waals surface area contributed by atoms with E-state index in [-0.39, 0.29) is 11.7 Å².